The number of nitriles is 1. The molecule has 0 bridgehead atoms. The zero-order chi connectivity index (χ0) is 22.8. The Morgan fingerprint density at radius 1 is 1.06 bits per heavy atom. The van der Waals surface area contributed by atoms with Gasteiger partial charge in [0.25, 0.3) is 5.56 Å². The molecule has 0 spiro atoms. The number of aromatic nitrogens is 4. The molecule has 160 valence electrons. The highest BCUT2D eigenvalue weighted by atomic mass is 32.1. The fourth-order valence-electron chi connectivity index (χ4n) is 3.77. The van der Waals surface area contributed by atoms with E-state index in [0.29, 0.717) is 32.8 Å². The van der Waals surface area contributed by atoms with Crippen molar-refractivity contribution < 1.29 is 0 Å². The van der Waals surface area contributed by atoms with E-state index in [-0.39, 0.29) is 5.56 Å². The fourth-order valence-corrected chi connectivity index (χ4v) is 4.86. The molecule has 0 saturated carbocycles. The number of pyridine rings is 1. The molecule has 0 aliphatic carbocycles. The first kappa shape index (κ1) is 20.6. The standard InChI is InChI=1S/C26H19N5OS/c1-30-22-13-6-5-12-21(22)29-24(30)20(16-27)26-31(17-18-9-3-2-4-10-18)25(32)23(33-26)15-19-11-7-8-14-28-19/h2-15H,17H2,1H3/b23-15+,26-20+. The van der Waals surface area contributed by atoms with Gasteiger partial charge in [0.05, 0.1) is 27.8 Å². The Labute approximate surface area is 193 Å². The summed E-state index contributed by atoms with van der Waals surface area (Å²) in [5.41, 5.74) is 3.61. The van der Waals surface area contributed by atoms with E-state index in [1.54, 1.807) is 16.8 Å². The molecule has 0 fully saturated rings. The SMILES string of the molecule is Cn1c(/C(C#N)=c2/s/c(=C/c3ccccn3)c(=O)n2Cc2ccccc2)nc2ccccc21. The van der Waals surface area contributed by atoms with Crippen LogP contribution in [0.5, 0.6) is 0 Å². The summed E-state index contributed by atoms with van der Waals surface area (Å²) in [6.45, 7) is 0.358. The molecule has 0 amide bonds. The summed E-state index contributed by atoms with van der Waals surface area (Å²) in [6.07, 6.45) is 3.46. The van der Waals surface area contributed by atoms with Gasteiger partial charge >= 0.3 is 0 Å². The van der Waals surface area contributed by atoms with Crippen LogP contribution in [0.4, 0.5) is 0 Å². The van der Waals surface area contributed by atoms with Crippen molar-refractivity contribution in [2.45, 2.75) is 6.54 Å². The Kier molecular flexibility index (Phi) is 5.43. The van der Waals surface area contributed by atoms with Crippen molar-refractivity contribution in [3.8, 4) is 6.07 Å². The van der Waals surface area contributed by atoms with E-state index in [9.17, 15) is 10.1 Å². The molecule has 3 heterocycles. The molecule has 5 rings (SSSR count). The van der Waals surface area contributed by atoms with Gasteiger partial charge in [0.15, 0.2) is 5.82 Å². The topological polar surface area (TPSA) is 76.5 Å². The second kappa shape index (κ2) is 8.69. The maximum Gasteiger partial charge on any atom is 0.269 e. The first-order valence-corrected chi connectivity index (χ1v) is 11.2. The number of thiazole rings is 1. The molecule has 0 unspecified atom stereocenters. The molecule has 0 aliphatic rings. The monoisotopic (exact) mass is 449 g/mol. The van der Waals surface area contributed by atoms with Crippen molar-refractivity contribution in [2.24, 2.45) is 7.05 Å². The van der Waals surface area contributed by atoms with Gasteiger partial charge in [-0.2, -0.15) is 5.26 Å². The third-order valence-electron chi connectivity index (χ3n) is 5.39. The third kappa shape index (κ3) is 3.88. The second-order valence-electron chi connectivity index (χ2n) is 7.52. The molecule has 5 aromatic rings. The Morgan fingerprint density at radius 3 is 2.55 bits per heavy atom. The van der Waals surface area contributed by atoms with Gasteiger partial charge in [0, 0.05) is 13.2 Å². The summed E-state index contributed by atoms with van der Waals surface area (Å²) in [4.78, 5) is 22.5. The maximum atomic E-state index is 13.5. The van der Waals surface area contributed by atoms with Gasteiger partial charge in [-0.05, 0) is 35.9 Å². The first-order chi connectivity index (χ1) is 16.2. The van der Waals surface area contributed by atoms with E-state index in [1.807, 2.05) is 84.4 Å². The zero-order valence-electron chi connectivity index (χ0n) is 17.8. The first-order valence-electron chi connectivity index (χ1n) is 10.4. The number of fused-ring (bicyclic) bond motifs is 1. The molecular weight excluding hydrogens is 430 g/mol. The highest BCUT2D eigenvalue weighted by Crippen LogP contribution is 2.18. The van der Waals surface area contributed by atoms with E-state index >= 15 is 0 Å². The highest BCUT2D eigenvalue weighted by Gasteiger charge is 2.17. The van der Waals surface area contributed by atoms with Crippen molar-refractivity contribution >= 4 is 34.0 Å². The highest BCUT2D eigenvalue weighted by molar-refractivity contribution is 7.07. The van der Waals surface area contributed by atoms with Crippen LogP contribution in [-0.4, -0.2) is 19.1 Å². The minimum atomic E-state index is -0.156. The van der Waals surface area contributed by atoms with Gasteiger partial charge < -0.3 is 4.57 Å². The molecule has 2 aromatic carbocycles. The van der Waals surface area contributed by atoms with Crippen LogP contribution in [0.1, 0.15) is 17.1 Å². The van der Waals surface area contributed by atoms with Crippen molar-refractivity contribution in [1.82, 2.24) is 19.1 Å². The second-order valence-corrected chi connectivity index (χ2v) is 8.55. The van der Waals surface area contributed by atoms with Crippen LogP contribution in [0.15, 0.2) is 83.8 Å². The molecule has 6 nitrogen and oxygen atoms in total. The van der Waals surface area contributed by atoms with Crippen LogP contribution >= 0.6 is 11.3 Å². The number of aryl methyl sites for hydroxylation is 1. The Hall–Kier alpha value is -4.28. The predicted molar refractivity (Wildman–Crippen MR) is 130 cm³/mol. The molecule has 33 heavy (non-hydrogen) atoms. The largest absolute Gasteiger partial charge is 0.326 e. The van der Waals surface area contributed by atoms with Crippen molar-refractivity contribution in [2.75, 3.05) is 0 Å². The van der Waals surface area contributed by atoms with Crippen LogP contribution in [0.2, 0.25) is 0 Å². The van der Waals surface area contributed by atoms with Crippen LogP contribution in [0.3, 0.4) is 0 Å². The lowest BCUT2D eigenvalue weighted by Crippen LogP contribution is -2.32. The minimum absolute atomic E-state index is 0.156. The minimum Gasteiger partial charge on any atom is -0.326 e. The Morgan fingerprint density at radius 2 is 1.82 bits per heavy atom. The van der Waals surface area contributed by atoms with Crippen molar-refractivity contribution in [3.05, 3.63) is 116 Å². The van der Waals surface area contributed by atoms with E-state index in [0.717, 1.165) is 16.6 Å². The zero-order valence-corrected chi connectivity index (χ0v) is 18.7. The van der Waals surface area contributed by atoms with E-state index < -0.39 is 0 Å². The molecular formula is C26H19N5OS. The number of hydrogen-bond donors (Lipinski definition) is 0. The van der Waals surface area contributed by atoms with Crippen LogP contribution < -0.4 is 14.8 Å². The van der Waals surface area contributed by atoms with Crippen molar-refractivity contribution in [1.29, 1.82) is 5.26 Å². The average molecular weight is 450 g/mol. The molecule has 0 N–H and O–H groups in total. The molecule has 0 saturated heterocycles. The van der Waals surface area contributed by atoms with Gasteiger partial charge in [-0.1, -0.05) is 48.5 Å². The normalized spacial score (nSPS) is 12.7. The quantitative estimate of drug-likeness (QED) is 0.423. The number of imidazole rings is 1. The molecule has 0 atom stereocenters. The number of nitrogens with zero attached hydrogens (tertiary/aromatic N) is 5. The van der Waals surface area contributed by atoms with Gasteiger partial charge in [0.1, 0.15) is 16.3 Å². The van der Waals surface area contributed by atoms with E-state index in [1.165, 1.54) is 11.3 Å². The smallest absolute Gasteiger partial charge is 0.269 e. The molecule has 0 aliphatic heterocycles. The lowest BCUT2D eigenvalue weighted by atomic mass is 10.2. The van der Waals surface area contributed by atoms with Gasteiger partial charge in [0.2, 0.25) is 0 Å². The van der Waals surface area contributed by atoms with Gasteiger partial charge in [-0.25, -0.2) is 4.98 Å². The van der Waals surface area contributed by atoms with Gasteiger partial charge in [-0.3, -0.25) is 14.3 Å². The third-order valence-corrected chi connectivity index (χ3v) is 6.52. The Balaban J connectivity index is 1.82. The van der Waals surface area contributed by atoms with Crippen LogP contribution in [0, 0.1) is 11.3 Å². The summed E-state index contributed by atoms with van der Waals surface area (Å²) in [6, 6.07) is 25.4. The fraction of sp³-hybridized carbons (Fsp3) is 0.0769. The Bertz CT molecular complexity index is 1670. The lowest BCUT2D eigenvalue weighted by Gasteiger charge is -2.05. The van der Waals surface area contributed by atoms with Gasteiger partial charge in [-0.15, -0.1) is 11.3 Å². The van der Waals surface area contributed by atoms with E-state index in [2.05, 4.69) is 11.1 Å². The summed E-state index contributed by atoms with van der Waals surface area (Å²) in [5.74, 6) is 0.533. The number of hydrogen-bond acceptors (Lipinski definition) is 5. The number of para-hydroxylation sites is 2. The summed E-state index contributed by atoms with van der Waals surface area (Å²) < 4.78 is 4.65. The molecule has 0 radical (unpaired) electrons. The molecule has 3 aromatic heterocycles. The van der Waals surface area contributed by atoms with E-state index in [4.69, 9.17) is 4.98 Å². The molecule has 7 heteroatoms. The predicted octanol–water partition coefficient (Wildman–Crippen LogP) is 2.79. The number of rotatable bonds is 4. The van der Waals surface area contributed by atoms with Crippen LogP contribution in [-0.2, 0) is 13.6 Å². The maximum absolute atomic E-state index is 13.5. The lowest BCUT2D eigenvalue weighted by molar-refractivity contribution is 0.752. The summed E-state index contributed by atoms with van der Waals surface area (Å²) in [7, 11) is 1.89. The average Bonchev–Trinajstić information content (AvgIpc) is 3.33. The van der Waals surface area contributed by atoms with Crippen molar-refractivity contribution in [3.63, 3.8) is 0 Å². The number of benzene rings is 2. The summed E-state index contributed by atoms with van der Waals surface area (Å²) in [5, 5.41) is 10.2. The van der Waals surface area contributed by atoms with Crippen LogP contribution in [0.25, 0.3) is 22.7 Å². The summed E-state index contributed by atoms with van der Waals surface area (Å²) >= 11 is 1.29.